The molecule has 0 saturated heterocycles. The summed E-state index contributed by atoms with van der Waals surface area (Å²) in [4.78, 5) is 14.2. The Morgan fingerprint density at radius 3 is 2.81 bits per heavy atom. The average molecular weight is 306 g/mol. The fourth-order valence-corrected chi connectivity index (χ4v) is 2.52. The molecule has 1 aliphatic rings. The van der Waals surface area contributed by atoms with Gasteiger partial charge in [-0.05, 0) is 50.8 Å². The maximum absolute atomic E-state index is 12.1. The Bertz CT molecular complexity index is 563. The van der Waals surface area contributed by atoms with Crippen LogP contribution in [0.15, 0.2) is 18.2 Å². The highest BCUT2D eigenvalue weighted by molar-refractivity contribution is 6.32. The molecule has 1 N–H and O–H groups in total. The van der Waals surface area contributed by atoms with Gasteiger partial charge in [-0.25, -0.2) is 0 Å². The van der Waals surface area contributed by atoms with Gasteiger partial charge in [0.05, 0.1) is 10.6 Å². The summed E-state index contributed by atoms with van der Waals surface area (Å²) in [7, 11) is 0. The summed E-state index contributed by atoms with van der Waals surface area (Å²) in [5.41, 5.74) is 1.35. The second kappa shape index (κ2) is 6.82. The molecule has 21 heavy (non-hydrogen) atoms. The van der Waals surface area contributed by atoms with Crippen LogP contribution in [0, 0.1) is 17.2 Å². The third-order valence-electron chi connectivity index (χ3n) is 3.75. The molecule has 1 aliphatic carbocycles. The molecule has 0 radical (unpaired) electrons. The smallest absolute Gasteiger partial charge is 0.242 e. The number of likely N-dealkylation sites (N-methyl/N-ethyl adjacent to an activating group) is 1. The molecule has 0 heterocycles. The maximum Gasteiger partial charge on any atom is 0.242 e. The molecular weight excluding hydrogens is 286 g/mol. The zero-order chi connectivity index (χ0) is 15.4. The molecule has 112 valence electrons. The van der Waals surface area contributed by atoms with E-state index in [-0.39, 0.29) is 11.9 Å². The van der Waals surface area contributed by atoms with Crippen LogP contribution in [-0.2, 0) is 4.79 Å². The highest BCUT2D eigenvalue weighted by atomic mass is 35.5. The molecule has 0 aliphatic heterocycles. The molecule has 0 unspecified atom stereocenters. The van der Waals surface area contributed by atoms with Gasteiger partial charge < -0.3 is 10.2 Å². The predicted octanol–water partition coefficient (Wildman–Crippen LogP) is 2.95. The molecule has 5 heteroatoms. The first kappa shape index (κ1) is 15.7. The number of halogens is 1. The van der Waals surface area contributed by atoms with Crippen molar-refractivity contribution in [1.82, 2.24) is 5.32 Å². The Morgan fingerprint density at radius 2 is 2.29 bits per heavy atom. The fraction of sp³-hybridized carbons (Fsp3) is 0.500. The minimum atomic E-state index is -0.255. The van der Waals surface area contributed by atoms with Crippen LogP contribution in [0.3, 0.4) is 0 Å². The van der Waals surface area contributed by atoms with Crippen molar-refractivity contribution in [3.8, 4) is 6.07 Å². The highest BCUT2D eigenvalue weighted by Gasteiger charge is 2.29. The first-order valence-electron chi connectivity index (χ1n) is 7.30. The zero-order valence-electron chi connectivity index (χ0n) is 12.4. The number of amides is 1. The molecule has 1 amide bonds. The molecule has 1 saturated carbocycles. The third kappa shape index (κ3) is 3.89. The van der Waals surface area contributed by atoms with E-state index in [1.54, 1.807) is 12.1 Å². The van der Waals surface area contributed by atoms with Gasteiger partial charge in [-0.1, -0.05) is 11.6 Å². The Kier molecular flexibility index (Phi) is 5.08. The number of nitriles is 1. The van der Waals surface area contributed by atoms with Crippen LogP contribution < -0.4 is 10.2 Å². The van der Waals surface area contributed by atoms with E-state index in [9.17, 15) is 4.79 Å². The van der Waals surface area contributed by atoms with Crippen LogP contribution in [0.1, 0.15) is 32.3 Å². The standard InChI is InChI=1S/C16H20ClN3O/c1-3-19-16(21)11(2)20(10-12-4-5-12)14-7-6-13(9-18)15(17)8-14/h6-8,11-12H,3-5,10H2,1-2H3,(H,19,21)/t11-/m0/s1. The van der Waals surface area contributed by atoms with Gasteiger partial charge in [-0.3, -0.25) is 4.79 Å². The number of hydrogen-bond acceptors (Lipinski definition) is 3. The number of benzene rings is 1. The minimum Gasteiger partial charge on any atom is -0.359 e. The lowest BCUT2D eigenvalue weighted by molar-refractivity contribution is -0.121. The van der Waals surface area contributed by atoms with Crippen molar-refractivity contribution < 1.29 is 4.79 Å². The zero-order valence-corrected chi connectivity index (χ0v) is 13.2. The summed E-state index contributed by atoms with van der Waals surface area (Å²) in [6, 6.07) is 7.15. The molecule has 4 nitrogen and oxygen atoms in total. The normalized spacial score (nSPS) is 15.1. The summed E-state index contributed by atoms with van der Waals surface area (Å²) >= 11 is 6.12. The van der Waals surface area contributed by atoms with Crippen molar-refractivity contribution >= 4 is 23.2 Å². The van der Waals surface area contributed by atoms with Gasteiger partial charge in [0.1, 0.15) is 12.1 Å². The van der Waals surface area contributed by atoms with Crippen LogP contribution in [0.4, 0.5) is 5.69 Å². The number of carbonyl (C=O) groups excluding carboxylic acids is 1. The molecule has 1 atom stereocenters. The van der Waals surface area contributed by atoms with Crippen LogP contribution in [0.5, 0.6) is 0 Å². The lowest BCUT2D eigenvalue weighted by Crippen LogP contribution is -2.46. The van der Waals surface area contributed by atoms with E-state index in [0.29, 0.717) is 23.0 Å². The van der Waals surface area contributed by atoms with Crippen molar-refractivity contribution in [2.45, 2.75) is 32.7 Å². The summed E-state index contributed by atoms with van der Waals surface area (Å²) in [6.07, 6.45) is 2.42. The monoisotopic (exact) mass is 305 g/mol. The largest absolute Gasteiger partial charge is 0.359 e. The van der Waals surface area contributed by atoms with Gasteiger partial charge in [-0.2, -0.15) is 5.26 Å². The van der Waals surface area contributed by atoms with E-state index >= 15 is 0 Å². The van der Waals surface area contributed by atoms with Crippen LogP contribution >= 0.6 is 11.6 Å². The number of nitrogens with zero attached hydrogens (tertiary/aromatic N) is 2. The maximum atomic E-state index is 12.1. The molecule has 0 aromatic heterocycles. The van der Waals surface area contributed by atoms with Crippen LogP contribution in [-0.4, -0.2) is 25.0 Å². The van der Waals surface area contributed by atoms with Gasteiger partial charge in [0.25, 0.3) is 0 Å². The SMILES string of the molecule is CCNC(=O)[C@H](C)N(CC1CC1)c1ccc(C#N)c(Cl)c1. The number of nitrogens with one attached hydrogen (secondary N) is 1. The highest BCUT2D eigenvalue weighted by Crippen LogP contribution is 2.33. The van der Waals surface area contributed by atoms with E-state index < -0.39 is 0 Å². The molecular formula is C16H20ClN3O. The van der Waals surface area contributed by atoms with E-state index in [1.165, 1.54) is 12.8 Å². The second-order valence-electron chi connectivity index (χ2n) is 5.44. The quantitative estimate of drug-likeness (QED) is 0.879. The van der Waals surface area contributed by atoms with E-state index in [0.717, 1.165) is 12.2 Å². The summed E-state index contributed by atoms with van der Waals surface area (Å²) in [5, 5.41) is 12.2. The number of anilines is 1. The number of rotatable bonds is 6. The van der Waals surface area contributed by atoms with Crippen molar-refractivity contribution in [1.29, 1.82) is 5.26 Å². The van der Waals surface area contributed by atoms with Crippen molar-refractivity contribution in [3.05, 3.63) is 28.8 Å². The Balaban J connectivity index is 2.24. The second-order valence-corrected chi connectivity index (χ2v) is 5.85. The molecule has 1 fully saturated rings. The van der Waals surface area contributed by atoms with E-state index in [2.05, 4.69) is 16.3 Å². The Labute approximate surface area is 130 Å². The average Bonchev–Trinajstić information content (AvgIpc) is 3.28. The van der Waals surface area contributed by atoms with E-state index in [4.69, 9.17) is 16.9 Å². The first-order chi connectivity index (χ1) is 10.1. The molecule has 0 bridgehead atoms. The lowest BCUT2D eigenvalue weighted by Gasteiger charge is -2.30. The first-order valence-corrected chi connectivity index (χ1v) is 7.68. The van der Waals surface area contributed by atoms with E-state index in [1.807, 2.05) is 19.9 Å². The van der Waals surface area contributed by atoms with Crippen LogP contribution in [0.2, 0.25) is 5.02 Å². The van der Waals surface area contributed by atoms with Crippen LogP contribution in [0.25, 0.3) is 0 Å². The molecule has 1 aromatic rings. The minimum absolute atomic E-state index is 0.0126. The van der Waals surface area contributed by atoms with Gasteiger partial charge in [0, 0.05) is 18.8 Å². The van der Waals surface area contributed by atoms with Crippen molar-refractivity contribution in [3.63, 3.8) is 0 Å². The van der Waals surface area contributed by atoms with Gasteiger partial charge >= 0.3 is 0 Å². The summed E-state index contributed by atoms with van der Waals surface area (Å²) < 4.78 is 0. The van der Waals surface area contributed by atoms with Crippen molar-refractivity contribution in [2.24, 2.45) is 5.92 Å². The summed E-state index contributed by atoms with van der Waals surface area (Å²) in [6.45, 7) is 5.28. The summed E-state index contributed by atoms with van der Waals surface area (Å²) in [5.74, 6) is 0.662. The number of carbonyl (C=O) groups is 1. The third-order valence-corrected chi connectivity index (χ3v) is 4.07. The molecule has 0 spiro atoms. The van der Waals surface area contributed by atoms with Gasteiger partial charge in [0.15, 0.2) is 0 Å². The fourth-order valence-electron chi connectivity index (χ4n) is 2.30. The predicted molar refractivity (Wildman–Crippen MR) is 84.4 cm³/mol. The molecule has 2 rings (SSSR count). The topological polar surface area (TPSA) is 56.1 Å². The lowest BCUT2D eigenvalue weighted by atomic mass is 10.1. The van der Waals surface area contributed by atoms with Crippen molar-refractivity contribution in [2.75, 3.05) is 18.0 Å². The number of hydrogen-bond donors (Lipinski definition) is 1. The Hall–Kier alpha value is -1.73. The van der Waals surface area contributed by atoms with Gasteiger partial charge in [0.2, 0.25) is 5.91 Å². The molecule has 1 aromatic carbocycles. The Morgan fingerprint density at radius 1 is 1.57 bits per heavy atom. The van der Waals surface area contributed by atoms with Gasteiger partial charge in [-0.15, -0.1) is 0 Å².